The van der Waals surface area contributed by atoms with Gasteiger partial charge >= 0.3 is 0 Å². The van der Waals surface area contributed by atoms with Crippen molar-refractivity contribution in [3.63, 3.8) is 0 Å². The predicted molar refractivity (Wildman–Crippen MR) is 56.5 cm³/mol. The molecule has 5 nitrogen and oxygen atoms in total. The van der Waals surface area contributed by atoms with Crippen molar-refractivity contribution in [1.29, 1.82) is 0 Å². The van der Waals surface area contributed by atoms with Crippen LogP contribution in [0.25, 0.3) is 0 Å². The average molecular weight is 229 g/mol. The molecule has 0 aromatic carbocycles. The summed E-state index contributed by atoms with van der Waals surface area (Å²) < 4.78 is 24.6. The third-order valence-electron chi connectivity index (χ3n) is 2.68. The Balaban J connectivity index is 2.37. The monoisotopic (exact) mass is 229 g/mol. The van der Waals surface area contributed by atoms with E-state index in [9.17, 15) is 8.42 Å². The minimum absolute atomic E-state index is 0.181. The molecule has 0 saturated carbocycles. The fraction of sp³-hybridized carbons (Fsp3) is 0.778. The van der Waals surface area contributed by atoms with Crippen LogP contribution in [0.5, 0.6) is 0 Å². The first-order chi connectivity index (χ1) is 6.99. The van der Waals surface area contributed by atoms with Crippen LogP contribution >= 0.6 is 0 Å². The zero-order valence-corrected chi connectivity index (χ0v) is 9.79. The second kappa shape index (κ2) is 3.59. The minimum Gasteiger partial charge on any atom is -0.248 e. The maximum atomic E-state index is 11.5. The molecule has 2 heterocycles. The van der Waals surface area contributed by atoms with E-state index in [1.54, 1.807) is 4.68 Å². The topological polar surface area (TPSA) is 64.8 Å². The van der Waals surface area contributed by atoms with Gasteiger partial charge in [-0.05, 0) is 5.92 Å². The highest BCUT2D eigenvalue weighted by Gasteiger charge is 2.23. The van der Waals surface area contributed by atoms with E-state index >= 15 is 0 Å². The quantitative estimate of drug-likeness (QED) is 0.698. The normalized spacial score (nSPS) is 19.9. The lowest BCUT2D eigenvalue weighted by molar-refractivity contribution is 0.580. The van der Waals surface area contributed by atoms with E-state index in [1.165, 1.54) is 0 Å². The van der Waals surface area contributed by atoms with Crippen molar-refractivity contribution in [2.75, 3.05) is 11.5 Å². The molecule has 1 aliphatic rings. The van der Waals surface area contributed by atoms with Crippen molar-refractivity contribution >= 4 is 9.84 Å². The average Bonchev–Trinajstić information content (AvgIpc) is 2.49. The van der Waals surface area contributed by atoms with E-state index < -0.39 is 9.84 Å². The number of rotatable bonds is 1. The lowest BCUT2D eigenvalue weighted by atomic mass is 10.1. The van der Waals surface area contributed by atoms with Crippen molar-refractivity contribution in [1.82, 2.24) is 15.0 Å². The summed E-state index contributed by atoms with van der Waals surface area (Å²) in [5.41, 5.74) is 1.93. The summed E-state index contributed by atoms with van der Waals surface area (Å²) in [5, 5.41) is 8.11. The van der Waals surface area contributed by atoms with Gasteiger partial charge in [-0.15, -0.1) is 5.10 Å². The van der Waals surface area contributed by atoms with Crippen LogP contribution in [-0.2, 0) is 22.8 Å². The third-order valence-corrected chi connectivity index (χ3v) is 4.31. The summed E-state index contributed by atoms with van der Waals surface area (Å²) >= 11 is 0. The largest absolute Gasteiger partial charge is 0.248 e. The Morgan fingerprint density at radius 3 is 2.73 bits per heavy atom. The Hall–Kier alpha value is -0.910. The van der Waals surface area contributed by atoms with E-state index in [-0.39, 0.29) is 11.5 Å². The number of hydrogen-bond donors (Lipinski definition) is 0. The molecule has 15 heavy (non-hydrogen) atoms. The number of aryl methyl sites for hydroxylation is 1. The van der Waals surface area contributed by atoms with Gasteiger partial charge in [0.25, 0.3) is 0 Å². The highest BCUT2D eigenvalue weighted by Crippen LogP contribution is 2.19. The van der Waals surface area contributed by atoms with Gasteiger partial charge in [0.05, 0.1) is 29.4 Å². The van der Waals surface area contributed by atoms with Gasteiger partial charge in [0.2, 0.25) is 0 Å². The molecule has 1 aromatic heterocycles. The van der Waals surface area contributed by atoms with Crippen molar-refractivity contribution in [2.24, 2.45) is 0 Å². The maximum Gasteiger partial charge on any atom is 0.152 e. The van der Waals surface area contributed by atoms with Gasteiger partial charge in [0.1, 0.15) is 0 Å². The molecule has 0 fully saturated rings. The molecule has 0 spiro atoms. The third kappa shape index (κ3) is 2.04. The molecule has 0 atom stereocenters. The van der Waals surface area contributed by atoms with Crippen molar-refractivity contribution in [2.45, 2.75) is 32.7 Å². The van der Waals surface area contributed by atoms with Crippen LogP contribution in [0.3, 0.4) is 0 Å². The maximum absolute atomic E-state index is 11.5. The van der Waals surface area contributed by atoms with Gasteiger partial charge in [-0.2, -0.15) is 0 Å². The second-order valence-electron chi connectivity index (χ2n) is 4.20. The van der Waals surface area contributed by atoms with Crippen molar-refractivity contribution in [3.05, 3.63) is 11.4 Å². The molecule has 0 N–H and O–H groups in total. The van der Waals surface area contributed by atoms with Crippen LogP contribution in [0.2, 0.25) is 0 Å². The van der Waals surface area contributed by atoms with E-state index in [0.29, 0.717) is 18.9 Å². The number of fused-ring (bicyclic) bond motifs is 1. The first-order valence-electron chi connectivity index (χ1n) is 5.12. The molecule has 0 radical (unpaired) electrons. The SMILES string of the molecule is CC(C)c1nnn2c1CCS(=O)(=O)CC2. The summed E-state index contributed by atoms with van der Waals surface area (Å²) in [6.07, 6.45) is 0.544. The summed E-state index contributed by atoms with van der Waals surface area (Å²) in [6, 6.07) is 0. The van der Waals surface area contributed by atoms with Gasteiger partial charge in [0.15, 0.2) is 9.84 Å². The van der Waals surface area contributed by atoms with Crippen LogP contribution in [0, 0.1) is 0 Å². The van der Waals surface area contributed by atoms with Crippen LogP contribution in [0.4, 0.5) is 0 Å². The van der Waals surface area contributed by atoms with E-state index in [2.05, 4.69) is 10.3 Å². The van der Waals surface area contributed by atoms with Crippen molar-refractivity contribution in [3.8, 4) is 0 Å². The molecule has 0 saturated heterocycles. The Morgan fingerprint density at radius 2 is 2.07 bits per heavy atom. The smallest absolute Gasteiger partial charge is 0.152 e. The first kappa shape index (κ1) is 10.6. The molecule has 1 aliphatic heterocycles. The lowest BCUT2D eigenvalue weighted by Crippen LogP contribution is -2.12. The van der Waals surface area contributed by atoms with E-state index in [4.69, 9.17) is 0 Å². The second-order valence-corrected chi connectivity index (χ2v) is 6.50. The van der Waals surface area contributed by atoms with Gasteiger partial charge < -0.3 is 0 Å². The van der Waals surface area contributed by atoms with E-state index in [1.807, 2.05) is 13.8 Å². The van der Waals surface area contributed by atoms with Crippen molar-refractivity contribution < 1.29 is 8.42 Å². The minimum atomic E-state index is -2.89. The molecular formula is C9H15N3O2S. The highest BCUT2D eigenvalue weighted by atomic mass is 32.2. The lowest BCUT2D eigenvalue weighted by Gasteiger charge is -2.04. The number of nitrogens with zero attached hydrogens (tertiary/aromatic N) is 3. The molecule has 2 rings (SSSR count). The van der Waals surface area contributed by atoms with E-state index in [0.717, 1.165) is 11.4 Å². The Morgan fingerprint density at radius 1 is 1.33 bits per heavy atom. The van der Waals surface area contributed by atoms with Crippen LogP contribution < -0.4 is 0 Å². The first-order valence-corrected chi connectivity index (χ1v) is 6.94. The highest BCUT2D eigenvalue weighted by molar-refractivity contribution is 7.91. The molecule has 0 bridgehead atoms. The zero-order chi connectivity index (χ0) is 11.1. The Kier molecular flexibility index (Phi) is 2.54. The molecule has 6 heteroatoms. The molecule has 0 unspecified atom stereocenters. The molecule has 0 amide bonds. The summed E-state index contributed by atoms with van der Waals surface area (Å²) in [7, 11) is -2.89. The standard InChI is InChI=1S/C9H15N3O2S/c1-7(2)9-8-3-5-15(13,14)6-4-12(8)11-10-9/h7H,3-6H2,1-2H3. The van der Waals surface area contributed by atoms with Crippen LogP contribution in [-0.4, -0.2) is 34.9 Å². The van der Waals surface area contributed by atoms with Gasteiger partial charge in [-0.3, -0.25) is 0 Å². The summed E-state index contributed by atoms with van der Waals surface area (Å²) in [4.78, 5) is 0. The molecule has 84 valence electrons. The summed E-state index contributed by atoms with van der Waals surface area (Å²) in [6.45, 7) is 4.53. The fourth-order valence-electron chi connectivity index (χ4n) is 1.81. The molecule has 0 aliphatic carbocycles. The van der Waals surface area contributed by atoms with Gasteiger partial charge in [-0.25, -0.2) is 13.1 Å². The van der Waals surface area contributed by atoms with Gasteiger partial charge in [-0.1, -0.05) is 19.1 Å². The van der Waals surface area contributed by atoms with Crippen LogP contribution in [0.1, 0.15) is 31.2 Å². The fourth-order valence-corrected chi connectivity index (χ4v) is 2.97. The predicted octanol–water partition coefficient (Wildman–Crippen LogP) is 0.372. The number of aromatic nitrogens is 3. The number of sulfone groups is 1. The summed E-state index contributed by atoms with van der Waals surface area (Å²) in [5.74, 6) is 0.704. The zero-order valence-electron chi connectivity index (χ0n) is 8.97. The Labute approximate surface area is 89.4 Å². The molecular weight excluding hydrogens is 214 g/mol. The molecule has 1 aromatic rings. The number of hydrogen-bond acceptors (Lipinski definition) is 4. The van der Waals surface area contributed by atoms with Gasteiger partial charge in [0, 0.05) is 6.42 Å². The van der Waals surface area contributed by atoms with Crippen LogP contribution in [0.15, 0.2) is 0 Å². The Bertz CT molecular complexity index is 462.